The summed E-state index contributed by atoms with van der Waals surface area (Å²) >= 11 is 6.38. The predicted octanol–water partition coefficient (Wildman–Crippen LogP) is 5.19. The van der Waals surface area contributed by atoms with Crippen molar-refractivity contribution in [3.63, 3.8) is 0 Å². The van der Waals surface area contributed by atoms with Gasteiger partial charge in [0.2, 0.25) is 5.82 Å². The van der Waals surface area contributed by atoms with Crippen LogP contribution in [0, 0.1) is 6.92 Å². The van der Waals surface area contributed by atoms with Crippen molar-refractivity contribution in [2.75, 3.05) is 13.7 Å². The number of aryl methyl sites for hydroxylation is 1. The highest BCUT2D eigenvalue weighted by Gasteiger charge is 2.13. The molecule has 1 aromatic heterocycles. The van der Waals surface area contributed by atoms with Gasteiger partial charge >= 0.3 is 0 Å². The molecule has 0 atom stereocenters. The molecular weight excluding hydrogens is 352 g/mol. The van der Waals surface area contributed by atoms with Crippen LogP contribution in [-0.4, -0.2) is 23.9 Å². The van der Waals surface area contributed by atoms with E-state index in [1.54, 1.807) is 13.2 Å². The zero-order chi connectivity index (χ0) is 18.5. The zero-order valence-corrected chi connectivity index (χ0v) is 15.6. The lowest BCUT2D eigenvalue weighted by atomic mass is 10.1. The van der Waals surface area contributed by atoms with Gasteiger partial charge < -0.3 is 14.0 Å². The molecule has 0 spiro atoms. The fraction of sp³-hybridized carbons (Fsp3) is 0.200. The van der Waals surface area contributed by atoms with E-state index in [4.69, 9.17) is 25.6 Å². The second-order valence-electron chi connectivity index (χ2n) is 5.57. The Kier molecular flexibility index (Phi) is 5.58. The second-order valence-corrected chi connectivity index (χ2v) is 5.98. The van der Waals surface area contributed by atoms with Crippen molar-refractivity contribution in [2.24, 2.45) is 0 Å². The van der Waals surface area contributed by atoms with E-state index in [2.05, 4.69) is 10.1 Å². The molecule has 0 aliphatic carbocycles. The summed E-state index contributed by atoms with van der Waals surface area (Å²) in [5, 5.41) is 4.38. The minimum atomic E-state index is 0.263. The maximum Gasteiger partial charge on any atom is 0.269 e. The van der Waals surface area contributed by atoms with E-state index in [-0.39, 0.29) is 5.89 Å². The SMILES string of the molecule is CCOc1cc(/C=C(\Cl)c2nc(-c3ccccc3C)no2)ccc1OC. The first-order valence-corrected chi connectivity index (χ1v) is 8.58. The maximum atomic E-state index is 6.38. The van der Waals surface area contributed by atoms with E-state index in [1.165, 1.54) is 0 Å². The van der Waals surface area contributed by atoms with Crippen LogP contribution in [0.1, 0.15) is 23.9 Å². The number of halogens is 1. The Morgan fingerprint density at radius 3 is 2.73 bits per heavy atom. The second kappa shape index (κ2) is 8.06. The molecule has 1 heterocycles. The number of aromatic nitrogens is 2. The number of hydrogen-bond acceptors (Lipinski definition) is 5. The summed E-state index contributed by atoms with van der Waals surface area (Å²) in [5.74, 6) is 2.09. The molecule has 134 valence electrons. The fourth-order valence-corrected chi connectivity index (χ4v) is 2.72. The molecule has 3 aromatic rings. The molecule has 0 fully saturated rings. The van der Waals surface area contributed by atoms with Crippen molar-refractivity contribution in [1.29, 1.82) is 0 Å². The molecular formula is C20H19ClN2O3. The summed E-state index contributed by atoms with van der Waals surface area (Å²) in [4.78, 5) is 4.40. The van der Waals surface area contributed by atoms with Crippen LogP contribution in [0.3, 0.4) is 0 Å². The van der Waals surface area contributed by atoms with Gasteiger partial charge in [-0.15, -0.1) is 0 Å². The molecule has 6 heteroatoms. The Hall–Kier alpha value is -2.79. The van der Waals surface area contributed by atoms with Crippen LogP contribution in [0.15, 0.2) is 47.0 Å². The summed E-state index contributed by atoms with van der Waals surface area (Å²) in [7, 11) is 1.60. The van der Waals surface area contributed by atoms with Crippen molar-refractivity contribution >= 4 is 22.7 Å². The summed E-state index contributed by atoms with van der Waals surface area (Å²) in [6.07, 6.45) is 1.75. The minimum absolute atomic E-state index is 0.263. The lowest BCUT2D eigenvalue weighted by Gasteiger charge is -2.09. The van der Waals surface area contributed by atoms with Gasteiger partial charge in [0.25, 0.3) is 5.89 Å². The monoisotopic (exact) mass is 370 g/mol. The molecule has 26 heavy (non-hydrogen) atoms. The topological polar surface area (TPSA) is 57.4 Å². The smallest absolute Gasteiger partial charge is 0.269 e. The summed E-state index contributed by atoms with van der Waals surface area (Å²) in [5.41, 5.74) is 2.82. The van der Waals surface area contributed by atoms with Crippen LogP contribution >= 0.6 is 11.6 Å². The van der Waals surface area contributed by atoms with E-state index in [0.29, 0.717) is 29.0 Å². The first-order chi connectivity index (χ1) is 12.6. The third-order valence-electron chi connectivity index (χ3n) is 3.80. The summed E-state index contributed by atoms with van der Waals surface area (Å²) in [6.45, 7) is 4.45. The number of methoxy groups -OCH3 is 1. The molecule has 0 amide bonds. The lowest BCUT2D eigenvalue weighted by molar-refractivity contribution is 0.311. The van der Waals surface area contributed by atoms with Crippen molar-refractivity contribution in [1.82, 2.24) is 10.1 Å². The molecule has 0 unspecified atom stereocenters. The van der Waals surface area contributed by atoms with E-state index in [0.717, 1.165) is 16.7 Å². The summed E-state index contributed by atoms with van der Waals surface area (Å²) in [6, 6.07) is 13.4. The first-order valence-electron chi connectivity index (χ1n) is 8.20. The molecule has 5 nitrogen and oxygen atoms in total. The van der Waals surface area contributed by atoms with Crippen LogP contribution in [-0.2, 0) is 0 Å². The van der Waals surface area contributed by atoms with Crippen molar-refractivity contribution in [3.05, 3.63) is 59.5 Å². The highest BCUT2D eigenvalue weighted by Crippen LogP contribution is 2.31. The number of rotatable bonds is 6. The third-order valence-corrected chi connectivity index (χ3v) is 4.07. The molecule has 2 aromatic carbocycles. The van der Waals surface area contributed by atoms with Gasteiger partial charge in [-0.2, -0.15) is 4.98 Å². The first kappa shape index (κ1) is 18.0. The van der Waals surface area contributed by atoms with Gasteiger partial charge in [0, 0.05) is 5.56 Å². The number of hydrogen-bond donors (Lipinski definition) is 0. The van der Waals surface area contributed by atoms with Gasteiger partial charge in [0.15, 0.2) is 11.5 Å². The van der Waals surface area contributed by atoms with Crippen LogP contribution in [0.25, 0.3) is 22.5 Å². The van der Waals surface area contributed by atoms with Crippen LogP contribution < -0.4 is 9.47 Å². The van der Waals surface area contributed by atoms with Gasteiger partial charge in [-0.05, 0) is 43.2 Å². The lowest BCUT2D eigenvalue weighted by Crippen LogP contribution is -1.95. The van der Waals surface area contributed by atoms with Gasteiger partial charge in [-0.1, -0.05) is 47.1 Å². The predicted molar refractivity (Wildman–Crippen MR) is 102 cm³/mol. The van der Waals surface area contributed by atoms with Crippen molar-refractivity contribution < 1.29 is 14.0 Å². The maximum absolute atomic E-state index is 6.38. The zero-order valence-electron chi connectivity index (χ0n) is 14.8. The Balaban J connectivity index is 1.89. The molecule has 0 aliphatic rings. The molecule has 0 saturated heterocycles. The van der Waals surface area contributed by atoms with Crippen LogP contribution in [0.5, 0.6) is 11.5 Å². The van der Waals surface area contributed by atoms with Gasteiger partial charge in [-0.3, -0.25) is 0 Å². The number of ether oxygens (including phenoxy) is 2. The highest BCUT2D eigenvalue weighted by molar-refractivity contribution is 6.50. The largest absolute Gasteiger partial charge is 0.493 e. The Morgan fingerprint density at radius 1 is 1.19 bits per heavy atom. The Morgan fingerprint density at radius 2 is 2.00 bits per heavy atom. The normalized spacial score (nSPS) is 11.5. The van der Waals surface area contributed by atoms with Crippen LogP contribution in [0.4, 0.5) is 0 Å². The summed E-state index contributed by atoms with van der Waals surface area (Å²) < 4.78 is 16.2. The molecule has 0 aliphatic heterocycles. The van der Waals surface area contributed by atoms with Gasteiger partial charge in [0.05, 0.1) is 13.7 Å². The van der Waals surface area contributed by atoms with Crippen molar-refractivity contribution in [2.45, 2.75) is 13.8 Å². The number of nitrogens with zero attached hydrogens (tertiary/aromatic N) is 2. The Bertz CT molecular complexity index is 934. The number of benzene rings is 2. The van der Waals surface area contributed by atoms with E-state index < -0.39 is 0 Å². The quantitative estimate of drug-likeness (QED) is 0.597. The van der Waals surface area contributed by atoms with Gasteiger partial charge in [0.1, 0.15) is 5.03 Å². The standard InChI is InChI=1S/C20H19ClN2O3/c1-4-25-18-12-14(9-10-17(18)24-3)11-16(21)20-22-19(23-26-20)15-8-6-5-7-13(15)2/h5-12H,4H2,1-3H3/b16-11-. The Labute approximate surface area is 157 Å². The fourth-order valence-electron chi connectivity index (χ4n) is 2.51. The third kappa shape index (κ3) is 3.89. The van der Waals surface area contributed by atoms with Gasteiger partial charge in [-0.25, -0.2) is 0 Å². The average Bonchev–Trinajstić information content (AvgIpc) is 3.13. The van der Waals surface area contributed by atoms with Crippen LogP contribution in [0.2, 0.25) is 0 Å². The van der Waals surface area contributed by atoms with Crippen molar-refractivity contribution in [3.8, 4) is 22.9 Å². The molecule has 3 rings (SSSR count). The van der Waals surface area contributed by atoms with E-state index in [1.807, 2.05) is 56.3 Å². The molecule has 0 saturated carbocycles. The highest BCUT2D eigenvalue weighted by atomic mass is 35.5. The molecule has 0 N–H and O–H groups in total. The minimum Gasteiger partial charge on any atom is -0.493 e. The van der Waals surface area contributed by atoms with E-state index >= 15 is 0 Å². The average molecular weight is 371 g/mol. The molecule has 0 radical (unpaired) electrons. The van der Waals surface area contributed by atoms with E-state index in [9.17, 15) is 0 Å². The molecule has 0 bridgehead atoms.